The zero-order valence-electron chi connectivity index (χ0n) is 9.95. The molecule has 2 atom stereocenters. The van der Waals surface area contributed by atoms with Gasteiger partial charge in [0.1, 0.15) is 0 Å². The Morgan fingerprint density at radius 1 is 1.12 bits per heavy atom. The van der Waals surface area contributed by atoms with E-state index in [1.54, 1.807) is 0 Å². The van der Waals surface area contributed by atoms with Crippen molar-refractivity contribution in [1.82, 2.24) is 4.90 Å². The zero-order chi connectivity index (χ0) is 11.2. The van der Waals surface area contributed by atoms with Gasteiger partial charge in [-0.3, -0.25) is 4.79 Å². The largest absolute Gasteiger partial charge is 0.338 e. The quantitative estimate of drug-likeness (QED) is 0.733. The lowest BCUT2D eigenvalue weighted by Gasteiger charge is -2.45. The second-order valence-corrected chi connectivity index (χ2v) is 5.91. The molecule has 1 saturated heterocycles. The number of hydrogen-bond donors (Lipinski definition) is 1. The Bertz CT molecular complexity index is 296. The Kier molecular flexibility index (Phi) is 2.46. The maximum atomic E-state index is 12.3. The fraction of sp³-hybridized carbons (Fsp3) is 0.923. The van der Waals surface area contributed by atoms with E-state index in [2.05, 4.69) is 4.90 Å². The molecule has 0 aromatic rings. The van der Waals surface area contributed by atoms with Crippen LogP contribution in [0, 0.1) is 5.92 Å². The predicted molar refractivity (Wildman–Crippen MR) is 62.8 cm³/mol. The average molecular weight is 222 g/mol. The summed E-state index contributed by atoms with van der Waals surface area (Å²) in [5.41, 5.74) is 5.59. The summed E-state index contributed by atoms with van der Waals surface area (Å²) in [7, 11) is 0. The zero-order valence-corrected chi connectivity index (χ0v) is 9.95. The van der Waals surface area contributed by atoms with Crippen LogP contribution in [-0.2, 0) is 4.79 Å². The summed E-state index contributed by atoms with van der Waals surface area (Å²) in [6, 6.07) is 0.524. The highest BCUT2D eigenvalue weighted by molar-refractivity contribution is 5.89. The van der Waals surface area contributed by atoms with Crippen molar-refractivity contribution in [3.05, 3.63) is 0 Å². The number of carbonyl (C=O) groups is 1. The third kappa shape index (κ3) is 1.65. The fourth-order valence-corrected chi connectivity index (χ4v) is 3.51. The predicted octanol–water partition coefficient (Wildman–Crippen LogP) is 1.66. The molecule has 90 valence electrons. The minimum Gasteiger partial charge on any atom is -0.338 e. The lowest BCUT2D eigenvalue weighted by molar-refractivity contribution is -0.140. The molecule has 3 nitrogen and oxygen atoms in total. The van der Waals surface area contributed by atoms with E-state index in [1.165, 1.54) is 38.5 Å². The van der Waals surface area contributed by atoms with Crippen molar-refractivity contribution in [3.8, 4) is 0 Å². The van der Waals surface area contributed by atoms with E-state index in [1.807, 2.05) is 0 Å². The van der Waals surface area contributed by atoms with E-state index in [0.29, 0.717) is 6.04 Å². The van der Waals surface area contributed by atoms with Gasteiger partial charge in [0.25, 0.3) is 0 Å². The topological polar surface area (TPSA) is 46.3 Å². The van der Waals surface area contributed by atoms with Gasteiger partial charge in [-0.25, -0.2) is 0 Å². The highest BCUT2D eigenvalue weighted by Gasteiger charge is 2.50. The van der Waals surface area contributed by atoms with Crippen LogP contribution >= 0.6 is 0 Å². The van der Waals surface area contributed by atoms with Crippen molar-refractivity contribution in [1.29, 1.82) is 0 Å². The molecule has 1 amide bonds. The van der Waals surface area contributed by atoms with Gasteiger partial charge in [-0.1, -0.05) is 12.8 Å². The Balaban J connectivity index is 1.75. The normalized spacial score (nSPS) is 36.7. The summed E-state index contributed by atoms with van der Waals surface area (Å²) in [6.45, 7) is 0.957. The van der Waals surface area contributed by atoms with Crippen LogP contribution in [0.4, 0.5) is 0 Å². The van der Waals surface area contributed by atoms with Crippen molar-refractivity contribution in [2.24, 2.45) is 11.7 Å². The molecule has 0 aromatic heterocycles. The third-order valence-electron chi connectivity index (χ3n) is 4.72. The van der Waals surface area contributed by atoms with Gasteiger partial charge >= 0.3 is 0 Å². The molecule has 3 aliphatic rings. The highest BCUT2D eigenvalue weighted by atomic mass is 16.2. The molecule has 2 N–H and O–H groups in total. The standard InChI is InChI=1S/C13H22N2O/c14-13(7-8-13)12(16)15-9-3-5-10-4-1-2-6-11(10)15/h10-11H,1-9,14H2/t10-,11-/m1/s1. The summed E-state index contributed by atoms with van der Waals surface area (Å²) >= 11 is 0. The minimum absolute atomic E-state index is 0.254. The second kappa shape index (κ2) is 3.73. The fourth-order valence-electron chi connectivity index (χ4n) is 3.51. The van der Waals surface area contributed by atoms with Gasteiger partial charge in [-0.2, -0.15) is 0 Å². The van der Waals surface area contributed by atoms with E-state index in [9.17, 15) is 4.79 Å². The van der Waals surface area contributed by atoms with Crippen LogP contribution in [0.15, 0.2) is 0 Å². The van der Waals surface area contributed by atoms with Crippen LogP contribution in [0.1, 0.15) is 51.4 Å². The van der Waals surface area contributed by atoms with Gasteiger partial charge in [0.2, 0.25) is 5.91 Å². The molecule has 0 spiro atoms. The van der Waals surface area contributed by atoms with Crippen LogP contribution < -0.4 is 5.73 Å². The second-order valence-electron chi connectivity index (χ2n) is 5.91. The van der Waals surface area contributed by atoms with E-state index in [0.717, 1.165) is 25.3 Å². The van der Waals surface area contributed by atoms with Crippen LogP contribution in [0.2, 0.25) is 0 Å². The maximum absolute atomic E-state index is 12.3. The van der Waals surface area contributed by atoms with E-state index in [4.69, 9.17) is 5.73 Å². The van der Waals surface area contributed by atoms with Gasteiger partial charge < -0.3 is 10.6 Å². The molecule has 0 radical (unpaired) electrons. The SMILES string of the molecule is NC1(C(=O)N2CCC[C@H]3CCCC[C@H]32)CC1. The highest BCUT2D eigenvalue weighted by Crippen LogP contribution is 2.40. The summed E-state index contributed by atoms with van der Waals surface area (Å²) < 4.78 is 0. The first-order valence-electron chi connectivity index (χ1n) is 6.81. The van der Waals surface area contributed by atoms with Gasteiger partial charge in [0, 0.05) is 12.6 Å². The molecule has 2 aliphatic carbocycles. The number of nitrogens with zero attached hydrogens (tertiary/aromatic N) is 1. The first-order chi connectivity index (χ1) is 7.71. The summed E-state index contributed by atoms with van der Waals surface area (Å²) in [5, 5.41) is 0. The number of fused-ring (bicyclic) bond motifs is 1. The number of likely N-dealkylation sites (tertiary alicyclic amines) is 1. The number of amides is 1. The Hall–Kier alpha value is -0.570. The number of carbonyl (C=O) groups excluding carboxylic acids is 1. The van der Waals surface area contributed by atoms with Crippen molar-refractivity contribution in [2.75, 3.05) is 6.54 Å². The van der Waals surface area contributed by atoms with Gasteiger partial charge in [0.05, 0.1) is 5.54 Å². The molecule has 3 fully saturated rings. The third-order valence-corrected chi connectivity index (χ3v) is 4.72. The molecular weight excluding hydrogens is 200 g/mol. The molecule has 0 aromatic carbocycles. The minimum atomic E-state index is -0.459. The van der Waals surface area contributed by atoms with Crippen molar-refractivity contribution >= 4 is 5.91 Å². The molecule has 1 aliphatic heterocycles. The maximum Gasteiger partial charge on any atom is 0.242 e. The lowest BCUT2D eigenvalue weighted by atomic mass is 9.78. The van der Waals surface area contributed by atoms with Crippen LogP contribution in [0.25, 0.3) is 0 Å². The van der Waals surface area contributed by atoms with Crippen LogP contribution in [0.3, 0.4) is 0 Å². The lowest BCUT2D eigenvalue weighted by Crippen LogP contribution is -2.55. The smallest absolute Gasteiger partial charge is 0.242 e. The molecule has 0 bridgehead atoms. The van der Waals surface area contributed by atoms with Gasteiger partial charge in [0.15, 0.2) is 0 Å². The molecule has 3 heteroatoms. The molecule has 1 heterocycles. The molecule has 3 rings (SSSR count). The molecule has 2 saturated carbocycles. The number of nitrogens with two attached hydrogens (primary N) is 1. The van der Waals surface area contributed by atoms with Crippen LogP contribution in [-0.4, -0.2) is 28.9 Å². The number of piperidine rings is 1. The Morgan fingerprint density at radius 3 is 2.56 bits per heavy atom. The first kappa shape index (κ1) is 10.6. The monoisotopic (exact) mass is 222 g/mol. The molecule has 0 unspecified atom stereocenters. The Labute approximate surface area is 97.4 Å². The number of rotatable bonds is 1. The van der Waals surface area contributed by atoms with Crippen molar-refractivity contribution in [2.45, 2.75) is 62.9 Å². The summed E-state index contributed by atoms with van der Waals surface area (Å²) in [6.07, 6.45) is 9.51. The van der Waals surface area contributed by atoms with E-state index >= 15 is 0 Å². The Morgan fingerprint density at radius 2 is 1.81 bits per heavy atom. The van der Waals surface area contributed by atoms with Gasteiger partial charge in [-0.05, 0) is 44.4 Å². The van der Waals surface area contributed by atoms with Crippen molar-refractivity contribution in [3.63, 3.8) is 0 Å². The number of hydrogen-bond acceptors (Lipinski definition) is 2. The van der Waals surface area contributed by atoms with E-state index < -0.39 is 5.54 Å². The summed E-state index contributed by atoms with van der Waals surface area (Å²) in [5.74, 6) is 1.03. The van der Waals surface area contributed by atoms with E-state index in [-0.39, 0.29) is 5.91 Å². The van der Waals surface area contributed by atoms with Crippen LogP contribution in [0.5, 0.6) is 0 Å². The molecular formula is C13H22N2O. The van der Waals surface area contributed by atoms with Crippen molar-refractivity contribution < 1.29 is 4.79 Å². The van der Waals surface area contributed by atoms with Gasteiger partial charge in [-0.15, -0.1) is 0 Å². The first-order valence-corrected chi connectivity index (χ1v) is 6.81. The molecule has 16 heavy (non-hydrogen) atoms. The average Bonchev–Trinajstić information content (AvgIpc) is 3.07. The summed E-state index contributed by atoms with van der Waals surface area (Å²) in [4.78, 5) is 14.5.